The Morgan fingerprint density at radius 3 is 2.89 bits per heavy atom. The maximum Gasteiger partial charge on any atom is 0.336 e. The molecule has 0 amide bonds. The Labute approximate surface area is 117 Å². The van der Waals surface area contributed by atoms with E-state index in [1.54, 1.807) is 24.3 Å². The molecule has 2 N–H and O–H groups in total. The first-order chi connectivity index (χ1) is 9.11. The van der Waals surface area contributed by atoms with Crippen molar-refractivity contribution in [2.75, 3.05) is 5.32 Å². The number of carbonyl (C=O) groups is 1. The maximum atomic E-state index is 11.0. The molecule has 0 atom stereocenters. The number of nitriles is 1. The minimum atomic E-state index is -1.03. The molecule has 0 aliphatic rings. The fourth-order valence-electron chi connectivity index (χ4n) is 1.52. The van der Waals surface area contributed by atoms with Gasteiger partial charge >= 0.3 is 5.97 Å². The standard InChI is InChI=1S/C13H8BrN3O2/c14-10-4-3-8(6-9(10)13(18)19)17-11-2-1-5-16-12(11)7-15/h1-6,17H,(H,18,19). The highest BCUT2D eigenvalue weighted by Gasteiger charge is 2.10. The molecule has 19 heavy (non-hydrogen) atoms. The molecule has 1 aromatic heterocycles. The van der Waals surface area contributed by atoms with Crippen LogP contribution in [0.3, 0.4) is 0 Å². The highest BCUT2D eigenvalue weighted by Crippen LogP contribution is 2.24. The van der Waals surface area contributed by atoms with Crippen LogP contribution in [0.1, 0.15) is 16.1 Å². The lowest BCUT2D eigenvalue weighted by atomic mass is 10.2. The molecule has 94 valence electrons. The number of anilines is 2. The van der Waals surface area contributed by atoms with Crippen molar-refractivity contribution in [3.63, 3.8) is 0 Å². The van der Waals surface area contributed by atoms with E-state index in [4.69, 9.17) is 10.4 Å². The normalized spacial score (nSPS) is 9.68. The van der Waals surface area contributed by atoms with Crippen molar-refractivity contribution in [3.8, 4) is 6.07 Å². The lowest BCUT2D eigenvalue weighted by Crippen LogP contribution is -2.00. The summed E-state index contributed by atoms with van der Waals surface area (Å²) in [5.74, 6) is -1.03. The number of benzene rings is 1. The molecular formula is C13H8BrN3O2. The van der Waals surface area contributed by atoms with Crippen molar-refractivity contribution < 1.29 is 9.90 Å². The summed E-state index contributed by atoms with van der Waals surface area (Å²) >= 11 is 3.17. The van der Waals surface area contributed by atoms with Gasteiger partial charge in [0, 0.05) is 16.4 Å². The molecule has 0 unspecified atom stereocenters. The third kappa shape index (κ3) is 2.89. The second-order valence-corrected chi connectivity index (χ2v) is 4.49. The Morgan fingerprint density at radius 2 is 2.21 bits per heavy atom. The zero-order valence-electron chi connectivity index (χ0n) is 9.59. The predicted octanol–water partition coefficient (Wildman–Crippen LogP) is 3.16. The first kappa shape index (κ1) is 13.1. The largest absolute Gasteiger partial charge is 0.478 e. The summed E-state index contributed by atoms with van der Waals surface area (Å²) < 4.78 is 0.497. The monoisotopic (exact) mass is 317 g/mol. The van der Waals surface area contributed by atoms with E-state index in [-0.39, 0.29) is 11.3 Å². The van der Waals surface area contributed by atoms with Crippen molar-refractivity contribution in [2.24, 2.45) is 0 Å². The van der Waals surface area contributed by atoms with Crippen molar-refractivity contribution in [1.29, 1.82) is 5.26 Å². The number of pyridine rings is 1. The third-order valence-corrected chi connectivity index (χ3v) is 3.08. The number of aromatic nitrogens is 1. The van der Waals surface area contributed by atoms with Gasteiger partial charge in [0.2, 0.25) is 0 Å². The second kappa shape index (κ2) is 5.50. The predicted molar refractivity (Wildman–Crippen MR) is 73.3 cm³/mol. The minimum Gasteiger partial charge on any atom is -0.478 e. The van der Waals surface area contributed by atoms with Crippen LogP contribution in [-0.4, -0.2) is 16.1 Å². The lowest BCUT2D eigenvalue weighted by Gasteiger charge is -2.09. The van der Waals surface area contributed by atoms with Crippen LogP contribution >= 0.6 is 15.9 Å². The fraction of sp³-hybridized carbons (Fsp3) is 0. The van der Waals surface area contributed by atoms with Crippen LogP contribution in [0.25, 0.3) is 0 Å². The minimum absolute atomic E-state index is 0.146. The number of carboxylic acids is 1. The first-order valence-electron chi connectivity index (χ1n) is 5.27. The molecule has 6 heteroatoms. The molecule has 1 heterocycles. The smallest absolute Gasteiger partial charge is 0.336 e. The van der Waals surface area contributed by atoms with Gasteiger partial charge in [-0.15, -0.1) is 0 Å². The molecule has 2 rings (SSSR count). The van der Waals surface area contributed by atoms with Gasteiger partial charge in [0.1, 0.15) is 6.07 Å². The lowest BCUT2D eigenvalue weighted by molar-refractivity contribution is 0.0696. The number of nitrogens with one attached hydrogen (secondary N) is 1. The van der Waals surface area contributed by atoms with Crippen molar-refractivity contribution in [1.82, 2.24) is 4.98 Å². The van der Waals surface area contributed by atoms with Gasteiger partial charge < -0.3 is 10.4 Å². The van der Waals surface area contributed by atoms with Gasteiger partial charge in [0.05, 0.1) is 11.3 Å². The van der Waals surface area contributed by atoms with E-state index < -0.39 is 5.97 Å². The van der Waals surface area contributed by atoms with Crippen molar-refractivity contribution in [3.05, 3.63) is 52.3 Å². The number of rotatable bonds is 3. The summed E-state index contributed by atoms with van der Waals surface area (Å²) in [6.45, 7) is 0. The SMILES string of the molecule is N#Cc1ncccc1Nc1ccc(Br)c(C(=O)O)c1. The number of carboxylic acid groups (broad SMARTS) is 1. The second-order valence-electron chi connectivity index (χ2n) is 3.64. The summed E-state index contributed by atoms with van der Waals surface area (Å²) in [7, 11) is 0. The zero-order valence-corrected chi connectivity index (χ0v) is 11.2. The Kier molecular flexibility index (Phi) is 3.78. The van der Waals surface area contributed by atoms with Crippen LogP contribution < -0.4 is 5.32 Å². The third-order valence-electron chi connectivity index (χ3n) is 2.39. The summed E-state index contributed by atoms with van der Waals surface area (Å²) in [4.78, 5) is 14.9. The van der Waals surface area contributed by atoms with Crippen LogP contribution in [0.4, 0.5) is 11.4 Å². The quantitative estimate of drug-likeness (QED) is 0.908. The highest BCUT2D eigenvalue weighted by atomic mass is 79.9. The Balaban J connectivity index is 2.37. The Bertz CT molecular complexity index is 680. The van der Waals surface area contributed by atoms with E-state index >= 15 is 0 Å². The molecule has 0 fully saturated rings. The number of hydrogen-bond acceptors (Lipinski definition) is 4. The zero-order chi connectivity index (χ0) is 13.8. The van der Waals surface area contributed by atoms with Crippen molar-refractivity contribution >= 4 is 33.3 Å². The number of hydrogen-bond donors (Lipinski definition) is 2. The van der Waals surface area contributed by atoms with Crippen LogP contribution in [0.2, 0.25) is 0 Å². The molecule has 0 saturated heterocycles. The average molecular weight is 318 g/mol. The summed E-state index contributed by atoms with van der Waals surface area (Å²) in [6.07, 6.45) is 1.52. The van der Waals surface area contributed by atoms with E-state index in [2.05, 4.69) is 26.2 Å². The van der Waals surface area contributed by atoms with Gasteiger partial charge in [-0.3, -0.25) is 0 Å². The van der Waals surface area contributed by atoms with E-state index in [1.165, 1.54) is 12.3 Å². The molecule has 0 spiro atoms. The van der Waals surface area contributed by atoms with Gasteiger partial charge in [-0.1, -0.05) is 0 Å². The number of halogens is 1. The van der Waals surface area contributed by atoms with Gasteiger partial charge in [0.15, 0.2) is 5.69 Å². The molecule has 0 bridgehead atoms. The Morgan fingerprint density at radius 1 is 1.42 bits per heavy atom. The number of nitrogens with zero attached hydrogens (tertiary/aromatic N) is 2. The first-order valence-corrected chi connectivity index (χ1v) is 6.06. The van der Waals surface area contributed by atoms with Crippen LogP contribution in [0.15, 0.2) is 41.0 Å². The summed E-state index contributed by atoms with van der Waals surface area (Å²) in [5.41, 5.74) is 1.50. The van der Waals surface area contributed by atoms with Crippen molar-refractivity contribution in [2.45, 2.75) is 0 Å². The number of aromatic carboxylic acids is 1. The molecule has 0 aliphatic heterocycles. The van der Waals surface area contributed by atoms with Crippen LogP contribution in [0.5, 0.6) is 0 Å². The molecule has 1 aromatic carbocycles. The molecule has 0 aliphatic carbocycles. The summed E-state index contributed by atoms with van der Waals surface area (Å²) in [6, 6.07) is 10.2. The van der Waals surface area contributed by atoms with Gasteiger partial charge in [-0.05, 0) is 46.3 Å². The highest BCUT2D eigenvalue weighted by molar-refractivity contribution is 9.10. The molecular weight excluding hydrogens is 310 g/mol. The topological polar surface area (TPSA) is 86.0 Å². The fourth-order valence-corrected chi connectivity index (χ4v) is 1.93. The molecule has 0 radical (unpaired) electrons. The van der Waals surface area contributed by atoms with Gasteiger partial charge in [-0.25, -0.2) is 9.78 Å². The molecule has 2 aromatic rings. The van der Waals surface area contributed by atoms with Gasteiger partial charge in [0.25, 0.3) is 0 Å². The van der Waals surface area contributed by atoms with E-state index in [0.29, 0.717) is 15.8 Å². The Hall–Kier alpha value is -2.39. The molecule has 0 saturated carbocycles. The van der Waals surface area contributed by atoms with Gasteiger partial charge in [-0.2, -0.15) is 5.26 Å². The van der Waals surface area contributed by atoms with Crippen LogP contribution in [-0.2, 0) is 0 Å². The average Bonchev–Trinajstić information content (AvgIpc) is 2.41. The van der Waals surface area contributed by atoms with E-state index in [1.807, 2.05) is 6.07 Å². The maximum absolute atomic E-state index is 11.0. The summed E-state index contributed by atoms with van der Waals surface area (Å²) in [5, 5.41) is 20.9. The van der Waals surface area contributed by atoms with E-state index in [0.717, 1.165) is 0 Å². The molecule has 5 nitrogen and oxygen atoms in total. The van der Waals surface area contributed by atoms with Crippen LogP contribution in [0, 0.1) is 11.3 Å². The van der Waals surface area contributed by atoms with E-state index in [9.17, 15) is 4.79 Å².